The Labute approximate surface area is 142 Å². The van der Waals surface area contributed by atoms with E-state index in [1.165, 1.54) is 0 Å². The van der Waals surface area contributed by atoms with Gasteiger partial charge in [0.05, 0.1) is 32.3 Å². The van der Waals surface area contributed by atoms with Gasteiger partial charge in [-0.05, 0) is 12.6 Å². The van der Waals surface area contributed by atoms with Crippen LogP contribution in [0.2, 0.25) is 0 Å². The summed E-state index contributed by atoms with van der Waals surface area (Å²) in [6.45, 7) is 3.01. The van der Waals surface area contributed by atoms with Gasteiger partial charge in [-0.3, -0.25) is 9.59 Å². The second kappa shape index (κ2) is 11.6. The van der Waals surface area contributed by atoms with Gasteiger partial charge in [0.15, 0.2) is 0 Å². The number of carbonyl (C=O) groups excluding carboxylic acids is 1. The van der Waals surface area contributed by atoms with Crippen LogP contribution in [0.1, 0.15) is 5.56 Å². The molecule has 0 aromatic heterocycles. The lowest BCUT2D eigenvalue weighted by Crippen LogP contribution is -2.53. The molecule has 0 radical (unpaired) electrons. The lowest BCUT2D eigenvalue weighted by atomic mass is 10.1. The van der Waals surface area contributed by atoms with Gasteiger partial charge in [0, 0.05) is 19.6 Å². The second-order valence-electron chi connectivity index (χ2n) is 5.57. The molecule has 1 fully saturated rings. The number of carboxylic acid groups (broad SMARTS) is 1. The third kappa shape index (κ3) is 7.08. The fraction of sp³-hybridized carbons (Fsp3) is 0.529. The fourth-order valence-electron chi connectivity index (χ4n) is 2.63. The number of nitrogens with zero attached hydrogens (tertiary/aromatic N) is 2. The Morgan fingerprint density at radius 1 is 1.42 bits per heavy atom. The van der Waals surface area contributed by atoms with Crippen LogP contribution in [0, 0.1) is 0 Å². The van der Waals surface area contributed by atoms with Gasteiger partial charge in [-0.15, -0.1) is 0 Å². The molecular formula is C17H26N2O5. The Morgan fingerprint density at radius 3 is 2.71 bits per heavy atom. The molecule has 1 aliphatic rings. The Balaban J connectivity index is 0.000000891. The maximum atomic E-state index is 12.5. The van der Waals surface area contributed by atoms with Gasteiger partial charge in [0.2, 0.25) is 5.91 Å². The highest BCUT2D eigenvalue weighted by Gasteiger charge is 2.27. The average molecular weight is 338 g/mol. The smallest absolute Gasteiger partial charge is 0.290 e. The van der Waals surface area contributed by atoms with Gasteiger partial charge in [-0.1, -0.05) is 30.3 Å². The second-order valence-corrected chi connectivity index (χ2v) is 5.57. The minimum absolute atomic E-state index is 0.0616. The first-order valence-corrected chi connectivity index (χ1v) is 7.90. The molecule has 1 amide bonds. The Bertz CT molecular complexity index is 483. The Morgan fingerprint density at radius 2 is 2.08 bits per heavy atom. The number of carbonyl (C=O) groups is 2. The van der Waals surface area contributed by atoms with E-state index >= 15 is 0 Å². The van der Waals surface area contributed by atoms with Crippen LogP contribution in [0.15, 0.2) is 30.3 Å². The van der Waals surface area contributed by atoms with Crippen molar-refractivity contribution in [2.45, 2.75) is 12.5 Å². The number of ether oxygens (including phenoxy) is 1. The van der Waals surface area contributed by atoms with Crippen molar-refractivity contribution in [3.63, 3.8) is 0 Å². The molecule has 1 atom stereocenters. The van der Waals surface area contributed by atoms with Crippen molar-refractivity contribution < 1.29 is 24.5 Å². The molecular weight excluding hydrogens is 312 g/mol. The highest BCUT2D eigenvalue weighted by Crippen LogP contribution is 2.11. The van der Waals surface area contributed by atoms with E-state index in [0.717, 1.165) is 12.1 Å². The lowest BCUT2D eigenvalue weighted by Gasteiger charge is -2.37. The third-order valence-corrected chi connectivity index (χ3v) is 3.75. The van der Waals surface area contributed by atoms with Crippen LogP contribution in [0.5, 0.6) is 0 Å². The van der Waals surface area contributed by atoms with E-state index < -0.39 is 0 Å². The van der Waals surface area contributed by atoms with E-state index in [4.69, 9.17) is 19.7 Å². The molecule has 0 saturated carbocycles. The highest BCUT2D eigenvalue weighted by atomic mass is 16.5. The predicted molar refractivity (Wildman–Crippen MR) is 89.7 cm³/mol. The zero-order valence-electron chi connectivity index (χ0n) is 14.0. The van der Waals surface area contributed by atoms with Crippen LogP contribution in [-0.2, 0) is 20.7 Å². The summed E-state index contributed by atoms with van der Waals surface area (Å²) in [5, 5.41) is 15.9. The molecule has 134 valence electrons. The van der Waals surface area contributed by atoms with Gasteiger partial charge in [-0.2, -0.15) is 0 Å². The molecule has 0 bridgehead atoms. The maximum Gasteiger partial charge on any atom is 0.290 e. The normalized spacial score (nSPS) is 17.1. The van der Waals surface area contributed by atoms with Gasteiger partial charge in [0.1, 0.15) is 0 Å². The Hall–Kier alpha value is -1.96. The number of benzene rings is 1. The molecule has 7 nitrogen and oxygen atoms in total. The van der Waals surface area contributed by atoms with E-state index in [1.807, 2.05) is 47.2 Å². The molecule has 1 aromatic carbocycles. The van der Waals surface area contributed by atoms with Crippen LogP contribution < -0.4 is 0 Å². The number of rotatable bonds is 6. The molecule has 1 aliphatic heterocycles. The van der Waals surface area contributed by atoms with Gasteiger partial charge in [0.25, 0.3) is 6.47 Å². The van der Waals surface area contributed by atoms with Crippen LogP contribution in [0.4, 0.5) is 0 Å². The molecule has 1 heterocycles. The van der Waals surface area contributed by atoms with E-state index in [9.17, 15) is 4.79 Å². The van der Waals surface area contributed by atoms with Crippen molar-refractivity contribution in [2.75, 3.05) is 46.5 Å². The number of morpholine rings is 1. The fourth-order valence-corrected chi connectivity index (χ4v) is 2.63. The highest BCUT2D eigenvalue weighted by molar-refractivity contribution is 5.79. The zero-order valence-corrected chi connectivity index (χ0v) is 14.0. The zero-order chi connectivity index (χ0) is 17.8. The van der Waals surface area contributed by atoms with Gasteiger partial charge in [-0.25, -0.2) is 0 Å². The summed E-state index contributed by atoms with van der Waals surface area (Å²) in [6, 6.07) is 9.88. The van der Waals surface area contributed by atoms with Gasteiger partial charge >= 0.3 is 0 Å². The molecule has 1 unspecified atom stereocenters. The standard InChI is InChI=1S/C16H24N2O3.CH2O2/c1-17(7-9-19)12-15-13-21-10-8-18(15)16(20)11-14-5-3-2-4-6-14;2-1-3/h2-6,15,19H,7-13H2,1H3;1H,(H,2,3). The predicted octanol–water partition coefficient (Wildman–Crippen LogP) is 0.0814. The van der Waals surface area contributed by atoms with E-state index in [-0.39, 0.29) is 25.0 Å². The molecule has 2 rings (SSSR count). The lowest BCUT2D eigenvalue weighted by molar-refractivity contribution is -0.139. The van der Waals surface area contributed by atoms with E-state index in [2.05, 4.69) is 0 Å². The van der Waals surface area contributed by atoms with E-state index in [1.54, 1.807) is 0 Å². The SMILES string of the molecule is CN(CCO)CC1COCCN1C(=O)Cc1ccccc1.O=CO. The molecule has 0 spiro atoms. The van der Waals surface area contributed by atoms with Crippen molar-refractivity contribution in [1.29, 1.82) is 0 Å². The van der Waals surface area contributed by atoms with E-state index in [0.29, 0.717) is 32.7 Å². The molecule has 1 aromatic rings. The number of hydrogen-bond donors (Lipinski definition) is 2. The topological polar surface area (TPSA) is 90.3 Å². The molecule has 24 heavy (non-hydrogen) atoms. The summed E-state index contributed by atoms with van der Waals surface area (Å²) in [7, 11) is 1.95. The summed E-state index contributed by atoms with van der Waals surface area (Å²) in [6.07, 6.45) is 0.432. The van der Waals surface area contributed by atoms with Crippen molar-refractivity contribution >= 4 is 12.4 Å². The van der Waals surface area contributed by atoms with Crippen LogP contribution in [-0.4, -0.2) is 84.9 Å². The van der Waals surface area contributed by atoms with Crippen LogP contribution >= 0.6 is 0 Å². The number of aliphatic hydroxyl groups excluding tert-OH is 1. The number of hydrogen-bond acceptors (Lipinski definition) is 5. The third-order valence-electron chi connectivity index (χ3n) is 3.75. The average Bonchev–Trinajstić information content (AvgIpc) is 2.57. The summed E-state index contributed by atoms with van der Waals surface area (Å²) in [5.41, 5.74) is 1.04. The first-order valence-electron chi connectivity index (χ1n) is 7.90. The monoisotopic (exact) mass is 338 g/mol. The summed E-state index contributed by atoms with van der Waals surface area (Å²) in [4.78, 5) is 24.8. The molecule has 0 aliphatic carbocycles. The first-order chi connectivity index (χ1) is 11.6. The minimum atomic E-state index is -0.250. The van der Waals surface area contributed by atoms with Crippen molar-refractivity contribution in [3.05, 3.63) is 35.9 Å². The van der Waals surface area contributed by atoms with Crippen molar-refractivity contribution in [3.8, 4) is 0 Å². The van der Waals surface area contributed by atoms with Crippen LogP contribution in [0.25, 0.3) is 0 Å². The molecule has 7 heteroatoms. The number of likely N-dealkylation sites (N-methyl/N-ethyl adjacent to an activating group) is 1. The van der Waals surface area contributed by atoms with Crippen LogP contribution in [0.3, 0.4) is 0 Å². The number of aliphatic hydroxyl groups is 1. The quantitative estimate of drug-likeness (QED) is 0.714. The largest absolute Gasteiger partial charge is 0.483 e. The Kier molecular flexibility index (Phi) is 9.67. The maximum absolute atomic E-state index is 12.5. The van der Waals surface area contributed by atoms with Gasteiger partial charge < -0.3 is 24.7 Å². The summed E-state index contributed by atoms with van der Waals surface area (Å²) < 4.78 is 5.51. The summed E-state index contributed by atoms with van der Waals surface area (Å²) in [5.74, 6) is 0.145. The number of amides is 1. The summed E-state index contributed by atoms with van der Waals surface area (Å²) >= 11 is 0. The molecule has 1 saturated heterocycles. The van der Waals surface area contributed by atoms with Crippen molar-refractivity contribution in [2.24, 2.45) is 0 Å². The minimum Gasteiger partial charge on any atom is -0.483 e. The molecule has 2 N–H and O–H groups in total. The first kappa shape index (κ1) is 20.1. The van der Waals surface area contributed by atoms with Crippen molar-refractivity contribution in [1.82, 2.24) is 9.80 Å².